The van der Waals surface area contributed by atoms with E-state index in [9.17, 15) is 23.1 Å². The molecule has 0 aliphatic rings. The van der Waals surface area contributed by atoms with Gasteiger partial charge in [-0.25, -0.2) is 9.78 Å². The van der Waals surface area contributed by atoms with Crippen molar-refractivity contribution in [1.29, 1.82) is 0 Å². The monoisotopic (exact) mass is 349 g/mol. The van der Waals surface area contributed by atoms with Gasteiger partial charge in [0.15, 0.2) is 5.69 Å². The number of rotatable bonds is 4. The highest BCUT2D eigenvalue weighted by Crippen LogP contribution is 2.32. The highest BCUT2D eigenvalue weighted by molar-refractivity contribution is 5.93. The number of aryl methyl sites for hydroxylation is 1. The van der Waals surface area contributed by atoms with Crippen LogP contribution < -0.4 is 5.32 Å². The first-order valence-electron chi connectivity index (χ1n) is 7.37. The average Bonchev–Trinajstić information content (AvgIpc) is 3.00. The van der Waals surface area contributed by atoms with Crippen molar-refractivity contribution in [2.24, 2.45) is 0 Å². The molecule has 5 nitrogen and oxygen atoms in total. The standard InChI is InChI=1S/C17H14F3N3O2/c1-10-2-3-11(8-12(10)17(18,19)20)9-22-13-4-5-14-21-6-7-23(14)15(13)16(24)25/h2-8,22H,9H2,1H3,(H,24,25). The zero-order chi connectivity index (χ0) is 18.2. The largest absolute Gasteiger partial charge is 0.476 e. The molecule has 25 heavy (non-hydrogen) atoms. The number of nitrogens with zero attached hydrogens (tertiary/aromatic N) is 2. The minimum Gasteiger partial charge on any atom is -0.476 e. The van der Waals surface area contributed by atoms with Gasteiger partial charge < -0.3 is 10.4 Å². The highest BCUT2D eigenvalue weighted by atomic mass is 19.4. The number of aromatic nitrogens is 2. The van der Waals surface area contributed by atoms with Crippen molar-refractivity contribution in [3.8, 4) is 0 Å². The topological polar surface area (TPSA) is 66.6 Å². The molecule has 0 fully saturated rings. The van der Waals surface area contributed by atoms with Crippen LogP contribution in [0.25, 0.3) is 5.65 Å². The van der Waals surface area contributed by atoms with Gasteiger partial charge in [0.2, 0.25) is 0 Å². The smallest absolute Gasteiger partial charge is 0.416 e. The molecule has 0 bridgehead atoms. The lowest BCUT2D eigenvalue weighted by Gasteiger charge is -2.14. The van der Waals surface area contributed by atoms with E-state index >= 15 is 0 Å². The number of halogens is 3. The number of benzene rings is 1. The summed E-state index contributed by atoms with van der Waals surface area (Å²) in [6, 6.07) is 7.22. The van der Waals surface area contributed by atoms with Crippen LogP contribution in [0.4, 0.5) is 18.9 Å². The second-order valence-corrected chi connectivity index (χ2v) is 5.56. The van der Waals surface area contributed by atoms with E-state index in [1.807, 2.05) is 0 Å². The number of fused-ring (bicyclic) bond motifs is 1. The van der Waals surface area contributed by atoms with Crippen LogP contribution in [0.15, 0.2) is 42.7 Å². The Balaban J connectivity index is 1.91. The van der Waals surface area contributed by atoms with Crippen molar-refractivity contribution in [1.82, 2.24) is 9.38 Å². The Morgan fingerprint density at radius 1 is 1.28 bits per heavy atom. The maximum absolute atomic E-state index is 13.0. The maximum atomic E-state index is 13.0. The first-order chi connectivity index (χ1) is 11.8. The zero-order valence-electron chi connectivity index (χ0n) is 13.1. The van der Waals surface area contributed by atoms with Crippen molar-refractivity contribution in [2.75, 3.05) is 5.32 Å². The van der Waals surface area contributed by atoms with E-state index < -0.39 is 17.7 Å². The number of carboxylic acids is 1. The molecule has 2 aromatic heterocycles. The molecule has 0 amide bonds. The van der Waals surface area contributed by atoms with Crippen LogP contribution in [0.2, 0.25) is 0 Å². The zero-order valence-corrected chi connectivity index (χ0v) is 13.1. The highest BCUT2D eigenvalue weighted by Gasteiger charge is 2.32. The first-order valence-corrected chi connectivity index (χ1v) is 7.37. The predicted octanol–water partition coefficient (Wildman–Crippen LogP) is 3.97. The fourth-order valence-corrected chi connectivity index (χ4v) is 2.64. The number of pyridine rings is 1. The number of hydrogen-bond acceptors (Lipinski definition) is 3. The molecule has 0 aliphatic heterocycles. The van der Waals surface area contributed by atoms with Crippen LogP contribution >= 0.6 is 0 Å². The number of nitrogens with one attached hydrogen (secondary N) is 1. The molecule has 0 saturated carbocycles. The van der Waals surface area contributed by atoms with Gasteiger partial charge in [0, 0.05) is 18.9 Å². The van der Waals surface area contributed by atoms with Gasteiger partial charge in [0.1, 0.15) is 5.65 Å². The van der Waals surface area contributed by atoms with Crippen molar-refractivity contribution in [3.63, 3.8) is 0 Å². The SMILES string of the molecule is Cc1ccc(CNc2ccc3nccn3c2C(=O)O)cc1C(F)(F)F. The van der Waals surface area contributed by atoms with Crippen LogP contribution in [-0.4, -0.2) is 20.5 Å². The van der Waals surface area contributed by atoms with Crippen LogP contribution in [0, 0.1) is 6.92 Å². The van der Waals surface area contributed by atoms with Crippen LogP contribution in [0.5, 0.6) is 0 Å². The summed E-state index contributed by atoms with van der Waals surface area (Å²) in [5.41, 5.74) is 0.584. The quantitative estimate of drug-likeness (QED) is 0.748. The van der Waals surface area contributed by atoms with Crippen molar-refractivity contribution in [2.45, 2.75) is 19.6 Å². The fraction of sp³-hybridized carbons (Fsp3) is 0.176. The molecule has 2 N–H and O–H groups in total. The number of hydrogen-bond donors (Lipinski definition) is 2. The van der Waals surface area contributed by atoms with E-state index in [1.165, 1.54) is 29.8 Å². The van der Waals surface area contributed by atoms with E-state index in [1.54, 1.807) is 18.2 Å². The van der Waals surface area contributed by atoms with Crippen molar-refractivity contribution in [3.05, 3.63) is 65.1 Å². The molecule has 2 heterocycles. The van der Waals surface area contributed by atoms with Gasteiger partial charge >= 0.3 is 12.1 Å². The Kier molecular flexibility index (Phi) is 4.12. The van der Waals surface area contributed by atoms with E-state index in [-0.39, 0.29) is 17.8 Å². The van der Waals surface area contributed by atoms with Crippen molar-refractivity contribution >= 4 is 17.3 Å². The number of anilines is 1. The third kappa shape index (κ3) is 3.28. The summed E-state index contributed by atoms with van der Waals surface area (Å²) in [7, 11) is 0. The molecular formula is C17H14F3N3O2. The molecule has 0 aliphatic carbocycles. The van der Waals surface area contributed by atoms with Gasteiger partial charge in [0.05, 0.1) is 11.3 Å². The van der Waals surface area contributed by atoms with Crippen LogP contribution in [0.1, 0.15) is 27.2 Å². The Labute approximate surface area is 140 Å². The summed E-state index contributed by atoms with van der Waals surface area (Å²) in [6.45, 7) is 1.46. The number of alkyl halides is 3. The molecular weight excluding hydrogens is 335 g/mol. The maximum Gasteiger partial charge on any atom is 0.416 e. The average molecular weight is 349 g/mol. The fourth-order valence-electron chi connectivity index (χ4n) is 2.64. The van der Waals surface area contributed by atoms with Crippen LogP contribution in [-0.2, 0) is 12.7 Å². The number of carbonyl (C=O) groups is 1. The summed E-state index contributed by atoms with van der Waals surface area (Å²) >= 11 is 0. The Bertz CT molecular complexity index is 948. The Hall–Kier alpha value is -3.03. The molecule has 0 unspecified atom stereocenters. The van der Waals surface area contributed by atoms with Gasteiger partial charge in [-0.15, -0.1) is 0 Å². The number of carboxylic acid groups (broad SMARTS) is 1. The summed E-state index contributed by atoms with van der Waals surface area (Å²) in [5, 5.41) is 12.3. The van der Waals surface area contributed by atoms with E-state index in [2.05, 4.69) is 10.3 Å². The van der Waals surface area contributed by atoms with Crippen molar-refractivity contribution < 1.29 is 23.1 Å². The lowest BCUT2D eigenvalue weighted by Crippen LogP contribution is -2.12. The molecule has 0 atom stereocenters. The van der Waals surface area contributed by atoms with Gasteiger partial charge in [-0.1, -0.05) is 12.1 Å². The molecule has 3 rings (SSSR count). The molecule has 130 valence electrons. The third-order valence-corrected chi connectivity index (χ3v) is 3.86. The molecule has 0 spiro atoms. The Morgan fingerprint density at radius 3 is 2.72 bits per heavy atom. The van der Waals surface area contributed by atoms with E-state index in [0.29, 0.717) is 16.9 Å². The molecule has 0 saturated heterocycles. The summed E-state index contributed by atoms with van der Waals surface area (Å²) in [5.74, 6) is -1.16. The summed E-state index contributed by atoms with van der Waals surface area (Å²) < 4.78 is 40.4. The minimum atomic E-state index is -4.43. The summed E-state index contributed by atoms with van der Waals surface area (Å²) in [4.78, 5) is 15.6. The van der Waals surface area contributed by atoms with E-state index in [4.69, 9.17) is 0 Å². The van der Waals surface area contributed by atoms with Gasteiger partial charge in [-0.3, -0.25) is 4.40 Å². The normalized spacial score (nSPS) is 11.7. The third-order valence-electron chi connectivity index (χ3n) is 3.86. The second kappa shape index (κ2) is 6.12. The second-order valence-electron chi connectivity index (χ2n) is 5.56. The van der Waals surface area contributed by atoms with E-state index in [0.717, 1.165) is 6.07 Å². The lowest BCUT2D eigenvalue weighted by molar-refractivity contribution is -0.138. The number of aromatic carboxylic acids is 1. The lowest BCUT2D eigenvalue weighted by atomic mass is 10.0. The van der Waals surface area contributed by atoms with Gasteiger partial charge in [-0.2, -0.15) is 13.2 Å². The molecule has 0 radical (unpaired) electrons. The summed E-state index contributed by atoms with van der Waals surface area (Å²) in [6.07, 6.45) is -1.44. The molecule has 8 heteroatoms. The van der Waals surface area contributed by atoms with Gasteiger partial charge in [0.25, 0.3) is 0 Å². The predicted molar refractivity (Wildman–Crippen MR) is 85.7 cm³/mol. The Morgan fingerprint density at radius 2 is 2.04 bits per heavy atom. The minimum absolute atomic E-state index is 0.0295. The molecule has 1 aromatic carbocycles. The number of imidazole rings is 1. The molecule has 3 aromatic rings. The van der Waals surface area contributed by atoms with Gasteiger partial charge in [-0.05, 0) is 36.2 Å². The van der Waals surface area contributed by atoms with Crippen LogP contribution in [0.3, 0.4) is 0 Å². The first kappa shape index (κ1) is 16.8.